The van der Waals surface area contributed by atoms with Crippen LogP contribution in [0.15, 0.2) is 30.3 Å². The van der Waals surface area contributed by atoms with Gasteiger partial charge in [-0.3, -0.25) is 5.10 Å². The van der Waals surface area contributed by atoms with Crippen molar-refractivity contribution < 1.29 is 4.39 Å². The molecule has 0 spiro atoms. The third kappa shape index (κ3) is 4.02. The monoisotopic (exact) mass is 453 g/mol. The second-order valence-electron chi connectivity index (χ2n) is 8.32. The molecular weight excluding hydrogens is 429 g/mol. The number of aryl methyl sites for hydroxylation is 2. The smallest absolute Gasteiger partial charge is 0.163 e. The predicted molar refractivity (Wildman–Crippen MR) is 125 cm³/mol. The van der Waals surface area contributed by atoms with E-state index in [4.69, 9.17) is 21.7 Å². The number of fused-ring (bicyclic) bond motifs is 1. The van der Waals surface area contributed by atoms with Gasteiger partial charge < -0.3 is 10.2 Å². The number of nitrogens with one attached hydrogen (secondary N) is 2. The van der Waals surface area contributed by atoms with Crippen LogP contribution in [0.5, 0.6) is 0 Å². The van der Waals surface area contributed by atoms with Crippen LogP contribution in [0.1, 0.15) is 41.8 Å². The van der Waals surface area contributed by atoms with Crippen LogP contribution in [-0.2, 0) is 6.42 Å². The molecule has 1 aromatic carbocycles. The van der Waals surface area contributed by atoms with E-state index in [0.717, 1.165) is 54.3 Å². The summed E-state index contributed by atoms with van der Waals surface area (Å²) in [6, 6.07) is 8.72. The van der Waals surface area contributed by atoms with E-state index in [1.807, 2.05) is 30.5 Å². The molecule has 4 heterocycles. The molecule has 0 aliphatic carbocycles. The SMILES string of the molecule is Cc1cc(Nc2cc(N3CCCCC3)n3nc(C)c(Cc4ccc(Cl)cc4F)c3n2)n[nH]1. The fourth-order valence-corrected chi connectivity index (χ4v) is 4.40. The van der Waals surface area contributed by atoms with Crippen LogP contribution in [0.4, 0.5) is 21.8 Å². The maximum atomic E-state index is 14.5. The van der Waals surface area contributed by atoms with Crippen molar-refractivity contribution in [2.75, 3.05) is 23.3 Å². The molecule has 9 heteroatoms. The first kappa shape index (κ1) is 20.8. The van der Waals surface area contributed by atoms with E-state index < -0.39 is 0 Å². The summed E-state index contributed by atoms with van der Waals surface area (Å²) < 4.78 is 16.4. The summed E-state index contributed by atoms with van der Waals surface area (Å²) in [5.41, 5.74) is 3.97. The Bertz CT molecular complexity index is 1270. The lowest BCUT2D eigenvalue weighted by atomic mass is 10.0. The number of aromatic amines is 1. The summed E-state index contributed by atoms with van der Waals surface area (Å²) in [6.45, 7) is 5.84. The first-order chi connectivity index (χ1) is 15.5. The Hall–Kier alpha value is -3.13. The Morgan fingerprint density at radius 2 is 1.91 bits per heavy atom. The number of benzene rings is 1. The van der Waals surface area contributed by atoms with E-state index in [1.165, 1.54) is 12.5 Å². The predicted octanol–water partition coefficient (Wildman–Crippen LogP) is 5.19. The Labute approximate surface area is 190 Å². The van der Waals surface area contributed by atoms with E-state index in [-0.39, 0.29) is 5.82 Å². The van der Waals surface area contributed by atoms with Gasteiger partial charge in [-0.2, -0.15) is 14.7 Å². The molecule has 0 amide bonds. The van der Waals surface area contributed by atoms with Gasteiger partial charge >= 0.3 is 0 Å². The Balaban J connectivity index is 1.62. The topological polar surface area (TPSA) is 74.1 Å². The lowest BCUT2D eigenvalue weighted by molar-refractivity contribution is 0.568. The molecule has 2 N–H and O–H groups in total. The van der Waals surface area contributed by atoms with Crippen LogP contribution < -0.4 is 10.2 Å². The average molecular weight is 454 g/mol. The van der Waals surface area contributed by atoms with Crippen molar-refractivity contribution in [1.82, 2.24) is 24.8 Å². The van der Waals surface area contributed by atoms with Crippen LogP contribution in [0.3, 0.4) is 0 Å². The highest BCUT2D eigenvalue weighted by Gasteiger charge is 2.21. The first-order valence-corrected chi connectivity index (χ1v) is 11.2. The van der Waals surface area contributed by atoms with Gasteiger partial charge in [0.1, 0.15) is 17.5 Å². The van der Waals surface area contributed by atoms with Crippen molar-refractivity contribution in [1.29, 1.82) is 0 Å². The zero-order valence-electron chi connectivity index (χ0n) is 18.1. The zero-order valence-corrected chi connectivity index (χ0v) is 18.9. The fraction of sp³-hybridized carbons (Fsp3) is 0.348. The highest BCUT2D eigenvalue weighted by atomic mass is 35.5. The molecule has 1 aliphatic rings. The second-order valence-corrected chi connectivity index (χ2v) is 8.76. The second kappa shape index (κ2) is 8.43. The molecule has 0 saturated carbocycles. The van der Waals surface area contributed by atoms with Crippen LogP contribution in [0.2, 0.25) is 5.02 Å². The van der Waals surface area contributed by atoms with Crippen LogP contribution >= 0.6 is 11.6 Å². The standard InChI is InChI=1S/C23H25ClFN7/c1-14-10-21(29-28-14)26-20-13-22(31-8-4-3-5-9-31)32-23(27-20)18(15(2)30-32)11-16-6-7-17(24)12-19(16)25/h6-7,10,12-13H,3-5,8-9,11H2,1-2H3,(H2,26,27,28,29). The Morgan fingerprint density at radius 1 is 1.09 bits per heavy atom. The molecule has 3 aromatic heterocycles. The maximum absolute atomic E-state index is 14.5. The van der Waals surface area contributed by atoms with E-state index in [0.29, 0.717) is 28.6 Å². The van der Waals surface area contributed by atoms with Crippen molar-refractivity contribution in [3.8, 4) is 0 Å². The van der Waals surface area contributed by atoms with Gasteiger partial charge in [-0.15, -0.1) is 0 Å². The molecule has 0 radical (unpaired) electrons. The van der Waals surface area contributed by atoms with Gasteiger partial charge in [0.15, 0.2) is 11.5 Å². The van der Waals surface area contributed by atoms with Crippen molar-refractivity contribution in [3.63, 3.8) is 0 Å². The molecule has 7 nitrogen and oxygen atoms in total. The molecule has 0 bridgehead atoms. The molecule has 5 rings (SSSR count). The summed E-state index contributed by atoms with van der Waals surface area (Å²) in [5, 5.41) is 15.7. The lowest BCUT2D eigenvalue weighted by Gasteiger charge is -2.29. The molecule has 1 fully saturated rings. The number of anilines is 3. The highest BCUT2D eigenvalue weighted by molar-refractivity contribution is 6.30. The van der Waals surface area contributed by atoms with Gasteiger partial charge in [0, 0.05) is 47.9 Å². The summed E-state index contributed by atoms with van der Waals surface area (Å²) in [7, 11) is 0. The summed E-state index contributed by atoms with van der Waals surface area (Å²) in [6.07, 6.45) is 3.92. The summed E-state index contributed by atoms with van der Waals surface area (Å²) in [5.74, 6) is 2.04. The van der Waals surface area contributed by atoms with Crippen LogP contribution in [0.25, 0.3) is 5.65 Å². The van der Waals surface area contributed by atoms with Crippen molar-refractivity contribution in [3.05, 3.63) is 63.7 Å². The molecule has 0 unspecified atom stereocenters. The molecule has 32 heavy (non-hydrogen) atoms. The fourth-order valence-electron chi connectivity index (χ4n) is 4.24. The molecule has 1 saturated heterocycles. The number of piperidine rings is 1. The average Bonchev–Trinajstić information content (AvgIpc) is 3.32. The number of nitrogens with zero attached hydrogens (tertiary/aromatic N) is 5. The minimum atomic E-state index is -0.325. The summed E-state index contributed by atoms with van der Waals surface area (Å²) >= 11 is 5.94. The van der Waals surface area contributed by atoms with Gasteiger partial charge in [0.25, 0.3) is 0 Å². The quantitative estimate of drug-likeness (QED) is 0.435. The molecule has 0 atom stereocenters. The molecule has 166 valence electrons. The maximum Gasteiger partial charge on any atom is 0.163 e. The van der Waals surface area contributed by atoms with Crippen molar-refractivity contribution >= 4 is 34.7 Å². The number of H-pyrrole nitrogens is 1. The van der Waals surface area contributed by atoms with Gasteiger partial charge in [-0.25, -0.2) is 9.37 Å². The number of halogens is 2. The van der Waals surface area contributed by atoms with Crippen molar-refractivity contribution in [2.45, 2.75) is 39.5 Å². The van der Waals surface area contributed by atoms with Crippen molar-refractivity contribution in [2.24, 2.45) is 0 Å². The van der Waals surface area contributed by atoms with Gasteiger partial charge in [-0.1, -0.05) is 17.7 Å². The Morgan fingerprint density at radius 3 is 2.62 bits per heavy atom. The molecular formula is C23H25ClFN7. The lowest BCUT2D eigenvalue weighted by Crippen LogP contribution is -2.31. The van der Waals surface area contributed by atoms with Gasteiger partial charge in [0.2, 0.25) is 0 Å². The Kier molecular flexibility index (Phi) is 5.46. The zero-order chi connectivity index (χ0) is 22.2. The number of hydrogen-bond donors (Lipinski definition) is 2. The number of hydrogen-bond acceptors (Lipinski definition) is 5. The highest BCUT2D eigenvalue weighted by Crippen LogP contribution is 2.29. The van der Waals surface area contributed by atoms with Crippen LogP contribution in [-0.4, -0.2) is 37.9 Å². The first-order valence-electron chi connectivity index (χ1n) is 10.8. The number of aromatic nitrogens is 5. The minimum Gasteiger partial charge on any atom is -0.356 e. The van der Waals surface area contributed by atoms with E-state index in [9.17, 15) is 4.39 Å². The summed E-state index contributed by atoms with van der Waals surface area (Å²) in [4.78, 5) is 7.21. The third-order valence-corrected chi connectivity index (χ3v) is 6.13. The largest absolute Gasteiger partial charge is 0.356 e. The number of rotatable bonds is 5. The van der Waals surface area contributed by atoms with Gasteiger partial charge in [-0.05, 0) is 50.8 Å². The van der Waals surface area contributed by atoms with Gasteiger partial charge in [0.05, 0.1) is 5.69 Å². The third-order valence-electron chi connectivity index (χ3n) is 5.89. The van der Waals surface area contributed by atoms with E-state index >= 15 is 0 Å². The molecule has 1 aliphatic heterocycles. The minimum absolute atomic E-state index is 0.325. The van der Waals surface area contributed by atoms with E-state index in [1.54, 1.807) is 12.1 Å². The van der Waals surface area contributed by atoms with E-state index in [2.05, 4.69) is 20.4 Å². The molecule has 4 aromatic rings. The normalized spacial score (nSPS) is 14.3. The van der Waals surface area contributed by atoms with Crippen LogP contribution in [0, 0.1) is 19.7 Å².